The second-order valence-corrected chi connectivity index (χ2v) is 4.58. The van der Waals surface area contributed by atoms with Gasteiger partial charge in [-0.15, -0.1) is 0 Å². The molecule has 1 aliphatic rings. The van der Waals surface area contributed by atoms with Crippen LogP contribution in [0.5, 0.6) is 5.75 Å². The summed E-state index contributed by atoms with van der Waals surface area (Å²) in [5, 5.41) is 9.68. The van der Waals surface area contributed by atoms with E-state index < -0.39 is 0 Å². The van der Waals surface area contributed by atoms with Crippen molar-refractivity contribution in [1.29, 1.82) is 0 Å². The molecule has 0 saturated carbocycles. The van der Waals surface area contributed by atoms with E-state index in [1.807, 2.05) is 18.2 Å². The Morgan fingerprint density at radius 1 is 1.27 bits per heavy atom. The third-order valence-electron chi connectivity index (χ3n) is 3.34. The summed E-state index contributed by atoms with van der Waals surface area (Å²) in [6.07, 6.45) is 3.54. The van der Waals surface area contributed by atoms with Crippen LogP contribution in [0.25, 0.3) is 0 Å². The fourth-order valence-corrected chi connectivity index (χ4v) is 2.26. The summed E-state index contributed by atoms with van der Waals surface area (Å²) in [6.45, 7) is 2.39. The van der Waals surface area contributed by atoms with Gasteiger partial charge in [0.25, 0.3) is 0 Å². The second-order valence-electron chi connectivity index (χ2n) is 4.58. The van der Waals surface area contributed by atoms with Gasteiger partial charge in [-0.2, -0.15) is 0 Å². The van der Waals surface area contributed by atoms with E-state index in [1.165, 1.54) is 25.9 Å². The minimum absolute atomic E-state index is 0.455. The molecule has 1 saturated heterocycles. The molecule has 0 aliphatic carbocycles. The first-order valence-corrected chi connectivity index (χ1v) is 5.71. The zero-order valence-corrected chi connectivity index (χ0v) is 9.32. The molecular formula is C13H19NO. The van der Waals surface area contributed by atoms with Gasteiger partial charge >= 0.3 is 0 Å². The van der Waals surface area contributed by atoms with E-state index in [9.17, 15) is 5.11 Å². The van der Waals surface area contributed by atoms with Gasteiger partial charge in [-0.1, -0.05) is 18.2 Å². The molecule has 82 valence electrons. The number of nitrogens with zero attached hydrogens (tertiary/aromatic N) is 1. The fraction of sp³-hybridized carbons (Fsp3) is 0.538. The zero-order chi connectivity index (χ0) is 10.7. The normalized spacial score (nSPS) is 19.3. The highest BCUT2D eigenvalue weighted by molar-refractivity contribution is 5.32. The van der Waals surface area contributed by atoms with Crippen LogP contribution < -0.4 is 0 Å². The molecule has 0 amide bonds. The number of aromatic hydroxyl groups is 1. The zero-order valence-electron chi connectivity index (χ0n) is 9.32. The number of phenols is 1. The van der Waals surface area contributed by atoms with Crippen molar-refractivity contribution < 1.29 is 5.11 Å². The maximum atomic E-state index is 9.68. The predicted molar refractivity (Wildman–Crippen MR) is 62.0 cm³/mol. The van der Waals surface area contributed by atoms with Gasteiger partial charge in [0, 0.05) is 0 Å². The van der Waals surface area contributed by atoms with E-state index in [4.69, 9.17) is 0 Å². The molecule has 1 heterocycles. The molecule has 0 radical (unpaired) electrons. The molecule has 2 heteroatoms. The number of likely N-dealkylation sites (tertiary alicyclic amines) is 1. The van der Waals surface area contributed by atoms with E-state index in [1.54, 1.807) is 6.07 Å². The standard InChI is InChI=1S/C13H19NO/c1-14-8-6-11(7-9-14)10-12-4-2-3-5-13(12)15/h2-5,11,15H,6-10H2,1H3. The van der Waals surface area contributed by atoms with Crippen molar-refractivity contribution in [1.82, 2.24) is 4.90 Å². The lowest BCUT2D eigenvalue weighted by Crippen LogP contribution is -2.30. The van der Waals surface area contributed by atoms with Crippen molar-refractivity contribution in [2.24, 2.45) is 5.92 Å². The topological polar surface area (TPSA) is 23.5 Å². The highest BCUT2D eigenvalue weighted by Crippen LogP contribution is 2.25. The van der Waals surface area contributed by atoms with Gasteiger partial charge in [0.1, 0.15) is 5.75 Å². The maximum Gasteiger partial charge on any atom is 0.118 e. The summed E-state index contributed by atoms with van der Waals surface area (Å²) in [7, 11) is 2.18. The Morgan fingerprint density at radius 2 is 1.93 bits per heavy atom. The monoisotopic (exact) mass is 205 g/mol. The Bertz CT molecular complexity index is 316. The SMILES string of the molecule is CN1CCC(Cc2ccccc2O)CC1. The highest BCUT2D eigenvalue weighted by Gasteiger charge is 2.17. The molecule has 0 spiro atoms. The van der Waals surface area contributed by atoms with E-state index in [-0.39, 0.29) is 0 Å². The summed E-state index contributed by atoms with van der Waals surface area (Å²) < 4.78 is 0. The van der Waals surface area contributed by atoms with Crippen LogP contribution in [0.1, 0.15) is 18.4 Å². The number of hydrogen-bond donors (Lipinski definition) is 1. The third-order valence-corrected chi connectivity index (χ3v) is 3.34. The van der Waals surface area contributed by atoms with Crippen molar-refractivity contribution in [2.75, 3.05) is 20.1 Å². The first-order chi connectivity index (χ1) is 7.25. The van der Waals surface area contributed by atoms with Gasteiger partial charge in [-0.25, -0.2) is 0 Å². The van der Waals surface area contributed by atoms with Gasteiger partial charge in [-0.3, -0.25) is 0 Å². The molecule has 1 aromatic carbocycles. The number of phenolic OH excluding ortho intramolecular Hbond substituents is 1. The summed E-state index contributed by atoms with van der Waals surface area (Å²) in [5.41, 5.74) is 1.10. The van der Waals surface area contributed by atoms with Crippen molar-refractivity contribution in [3.63, 3.8) is 0 Å². The molecular weight excluding hydrogens is 186 g/mol. The summed E-state index contributed by atoms with van der Waals surface area (Å²) in [6, 6.07) is 7.70. The largest absolute Gasteiger partial charge is 0.508 e. The maximum absolute atomic E-state index is 9.68. The first kappa shape index (κ1) is 10.5. The van der Waals surface area contributed by atoms with Crippen molar-refractivity contribution >= 4 is 0 Å². The molecule has 1 fully saturated rings. The Morgan fingerprint density at radius 3 is 2.60 bits per heavy atom. The minimum Gasteiger partial charge on any atom is -0.508 e. The van der Waals surface area contributed by atoms with E-state index in [2.05, 4.69) is 11.9 Å². The number of hydrogen-bond acceptors (Lipinski definition) is 2. The molecule has 1 N–H and O–H groups in total. The molecule has 0 aromatic heterocycles. The summed E-state index contributed by atoms with van der Waals surface area (Å²) >= 11 is 0. The molecule has 0 atom stereocenters. The predicted octanol–water partition coefficient (Wildman–Crippen LogP) is 2.28. The second kappa shape index (κ2) is 4.67. The van der Waals surface area contributed by atoms with Gasteiger partial charge in [0.15, 0.2) is 0 Å². The third kappa shape index (κ3) is 2.72. The Balaban J connectivity index is 1.95. The molecule has 0 bridgehead atoms. The van der Waals surface area contributed by atoms with Gasteiger partial charge in [0.05, 0.1) is 0 Å². The quantitative estimate of drug-likeness (QED) is 0.800. The lowest BCUT2D eigenvalue weighted by molar-refractivity contribution is 0.218. The van der Waals surface area contributed by atoms with Gasteiger partial charge in [-0.05, 0) is 56.9 Å². The summed E-state index contributed by atoms with van der Waals surface area (Å²) in [4.78, 5) is 2.38. The van der Waals surface area contributed by atoms with Crippen LogP contribution in [-0.2, 0) is 6.42 Å². The lowest BCUT2D eigenvalue weighted by Gasteiger charge is -2.29. The van der Waals surface area contributed by atoms with Crippen molar-refractivity contribution in [2.45, 2.75) is 19.3 Å². The molecule has 1 aromatic rings. The van der Waals surface area contributed by atoms with Crippen LogP contribution in [0.2, 0.25) is 0 Å². The van der Waals surface area contributed by atoms with E-state index >= 15 is 0 Å². The van der Waals surface area contributed by atoms with E-state index in [0.29, 0.717) is 5.75 Å². The van der Waals surface area contributed by atoms with Gasteiger partial charge < -0.3 is 10.0 Å². The number of para-hydroxylation sites is 1. The molecule has 15 heavy (non-hydrogen) atoms. The molecule has 0 unspecified atom stereocenters. The van der Waals surface area contributed by atoms with Crippen molar-refractivity contribution in [3.05, 3.63) is 29.8 Å². The van der Waals surface area contributed by atoms with Gasteiger partial charge in [0.2, 0.25) is 0 Å². The van der Waals surface area contributed by atoms with Crippen LogP contribution in [-0.4, -0.2) is 30.1 Å². The van der Waals surface area contributed by atoms with Crippen molar-refractivity contribution in [3.8, 4) is 5.75 Å². The number of rotatable bonds is 2. The fourth-order valence-electron chi connectivity index (χ4n) is 2.26. The van der Waals surface area contributed by atoms with Crippen LogP contribution in [0.3, 0.4) is 0 Å². The van der Waals surface area contributed by atoms with Crippen LogP contribution in [0.4, 0.5) is 0 Å². The van der Waals surface area contributed by atoms with Crippen LogP contribution in [0.15, 0.2) is 24.3 Å². The Labute approximate surface area is 91.5 Å². The molecule has 2 nitrogen and oxygen atoms in total. The Hall–Kier alpha value is -1.02. The van der Waals surface area contributed by atoms with Crippen LogP contribution >= 0.6 is 0 Å². The first-order valence-electron chi connectivity index (χ1n) is 5.71. The minimum atomic E-state index is 0.455. The van der Waals surface area contributed by atoms with E-state index in [0.717, 1.165) is 17.9 Å². The lowest BCUT2D eigenvalue weighted by atomic mass is 9.90. The Kier molecular flexibility index (Phi) is 3.27. The van der Waals surface area contributed by atoms with Crippen LogP contribution in [0, 0.1) is 5.92 Å². The number of benzene rings is 1. The average Bonchev–Trinajstić information content (AvgIpc) is 2.25. The highest BCUT2D eigenvalue weighted by atomic mass is 16.3. The average molecular weight is 205 g/mol. The summed E-state index contributed by atoms with van der Waals surface area (Å²) in [5.74, 6) is 1.20. The number of piperidine rings is 1. The molecule has 1 aliphatic heterocycles. The smallest absolute Gasteiger partial charge is 0.118 e. The molecule has 2 rings (SSSR count).